The van der Waals surface area contributed by atoms with E-state index < -0.39 is 11.0 Å². The van der Waals surface area contributed by atoms with E-state index in [-0.39, 0.29) is 5.69 Å². The summed E-state index contributed by atoms with van der Waals surface area (Å²) in [5, 5.41) is 15.8. The van der Waals surface area contributed by atoms with Gasteiger partial charge in [0.1, 0.15) is 0 Å². The highest BCUT2D eigenvalue weighted by Crippen LogP contribution is 2.22. The maximum atomic E-state index is 11.8. The minimum atomic E-state index is -0.517. The second-order valence-electron chi connectivity index (χ2n) is 3.87. The van der Waals surface area contributed by atoms with Crippen LogP contribution in [0.4, 0.5) is 21.9 Å². The Morgan fingerprint density at radius 1 is 1.10 bits per heavy atom. The van der Waals surface area contributed by atoms with Crippen molar-refractivity contribution >= 4 is 39.0 Å². The number of amides is 2. The molecule has 2 rings (SSSR count). The molecular weight excluding hydrogens is 326 g/mol. The van der Waals surface area contributed by atoms with Crippen LogP contribution in [0.2, 0.25) is 0 Å². The van der Waals surface area contributed by atoms with Crippen LogP contribution in [0.5, 0.6) is 0 Å². The molecule has 0 saturated heterocycles. The average molecular weight is 336 g/mol. The van der Waals surface area contributed by atoms with Crippen molar-refractivity contribution in [3.63, 3.8) is 0 Å². The van der Waals surface area contributed by atoms with E-state index in [4.69, 9.17) is 0 Å². The van der Waals surface area contributed by atoms with Crippen molar-refractivity contribution in [2.45, 2.75) is 0 Å². The number of benzene rings is 2. The standard InChI is InChI=1S/C13H10BrN3O3/c14-11-6-1-2-7-12(11)16-13(18)15-9-4-3-5-10(8-9)17(19)20/h1-8H,(H2,15,16,18). The minimum absolute atomic E-state index is 0.0799. The van der Waals surface area contributed by atoms with Crippen LogP contribution in [0, 0.1) is 10.1 Å². The number of rotatable bonds is 3. The largest absolute Gasteiger partial charge is 0.323 e. The van der Waals surface area contributed by atoms with Crippen LogP contribution in [-0.4, -0.2) is 11.0 Å². The van der Waals surface area contributed by atoms with Gasteiger partial charge in [0.2, 0.25) is 0 Å². The van der Waals surface area contributed by atoms with E-state index in [9.17, 15) is 14.9 Å². The summed E-state index contributed by atoms with van der Waals surface area (Å²) < 4.78 is 0.745. The number of non-ortho nitro benzene ring substituents is 1. The Balaban J connectivity index is 2.07. The molecule has 0 bridgehead atoms. The summed E-state index contributed by atoms with van der Waals surface area (Å²) in [5.41, 5.74) is 0.878. The molecule has 0 fully saturated rings. The number of para-hydroxylation sites is 1. The van der Waals surface area contributed by atoms with Gasteiger partial charge in [0.15, 0.2) is 0 Å². The zero-order valence-corrected chi connectivity index (χ0v) is 11.8. The molecule has 0 aromatic heterocycles. The first-order valence-electron chi connectivity index (χ1n) is 5.63. The number of halogens is 1. The molecule has 2 aromatic rings. The van der Waals surface area contributed by atoms with Crippen LogP contribution in [0.1, 0.15) is 0 Å². The number of anilines is 2. The Morgan fingerprint density at radius 3 is 2.55 bits per heavy atom. The van der Waals surface area contributed by atoms with Crippen LogP contribution in [0.3, 0.4) is 0 Å². The number of nitrogens with one attached hydrogen (secondary N) is 2. The fraction of sp³-hybridized carbons (Fsp3) is 0. The first kappa shape index (κ1) is 14.0. The summed E-state index contributed by atoms with van der Waals surface area (Å²) in [4.78, 5) is 21.9. The van der Waals surface area contributed by atoms with E-state index in [0.717, 1.165) is 4.47 Å². The average Bonchev–Trinajstić information content (AvgIpc) is 2.41. The second kappa shape index (κ2) is 6.16. The van der Waals surface area contributed by atoms with E-state index in [0.29, 0.717) is 11.4 Å². The van der Waals surface area contributed by atoms with E-state index >= 15 is 0 Å². The quantitative estimate of drug-likeness (QED) is 0.656. The van der Waals surface area contributed by atoms with Gasteiger partial charge in [-0.05, 0) is 34.1 Å². The first-order chi connectivity index (χ1) is 9.56. The molecule has 102 valence electrons. The third-order valence-electron chi connectivity index (χ3n) is 2.44. The predicted molar refractivity (Wildman–Crippen MR) is 79.9 cm³/mol. The van der Waals surface area contributed by atoms with Gasteiger partial charge in [0.25, 0.3) is 5.69 Å². The molecule has 0 saturated carbocycles. The number of carbonyl (C=O) groups excluding carboxylic acids is 1. The van der Waals surface area contributed by atoms with Gasteiger partial charge in [0.05, 0.1) is 10.6 Å². The van der Waals surface area contributed by atoms with E-state index in [2.05, 4.69) is 26.6 Å². The van der Waals surface area contributed by atoms with Crippen LogP contribution in [-0.2, 0) is 0 Å². The Bertz CT molecular complexity index is 661. The molecule has 2 aromatic carbocycles. The molecule has 0 atom stereocenters. The molecule has 7 heteroatoms. The highest BCUT2D eigenvalue weighted by molar-refractivity contribution is 9.10. The summed E-state index contributed by atoms with van der Waals surface area (Å²) in [6.07, 6.45) is 0. The molecule has 6 nitrogen and oxygen atoms in total. The van der Waals surface area contributed by atoms with Crippen molar-refractivity contribution in [1.29, 1.82) is 0 Å². The number of nitrogens with zero attached hydrogens (tertiary/aromatic N) is 1. The number of nitro groups is 1. The van der Waals surface area contributed by atoms with Gasteiger partial charge in [-0.15, -0.1) is 0 Å². The number of urea groups is 1. The summed E-state index contributed by atoms with van der Waals surface area (Å²) in [7, 11) is 0. The summed E-state index contributed by atoms with van der Waals surface area (Å²) in [5.74, 6) is 0. The predicted octanol–water partition coefficient (Wildman–Crippen LogP) is 4.00. The third-order valence-corrected chi connectivity index (χ3v) is 3.13. The van der Waals surface area contributed by atoms with Gasteiger partial charge < -0.3 is 10.6 Å². The van der Waals surface area contributed by atoms with Crippen molar-refractivity contribution in [2.24, 2.45) is 0 Å². The van der Waals surface area contributed by atoms with Crippen LogP contribution in [0.15, 0.2) is 53.0 Å². The van der Waals surface area contributed by atoms with Crippen molar-refractivity contribution in [2.75, 3.05) is 10.6 Å². The van der Waals surface area contributed by atoms with Crippen molar-refractivity contribution in [1.82, 2.24) is 0 Å². The lowest BCUT2D eigenvalue weighted by Crippen LogP contribution is -2.19. The van der Waals surface area contributed by atoms with Crippen LogP contribution >= 0.6 is 15.9 Å². The molecule has 0 aliphatic heterocycles. The third kappa shape index (κ3) is 3.55. The smallest absolute Gasteiger partial charge is 0.307 e. The Kier molecular flexibility index (Phi) is 4.31. The number of hydrogen-bond acceptors (Lipinski definition) is 3. The highest BCUT2D eigenvalue weighted by atomic mass is 79.9. The molecule has 20 heavy (non-hydrogen) atoms. The van der Waals surface area contributed by atoms with Gasteiger partial charge in [-0.2, -0.15) is 0 Å². The van der Waals surface area contributed by atoms with Crippen LogP contribution in [0.25, 0.3) is 0 Å². The lowest BCUT2D eigenvalue weighted by Gasteiger charge is -2.08. The van der Waals surface area contributed by atoms with E-state index in [1.165, 1.54) is 18.2 Å². The molecule has 0 spiro atoms. The van der Waals surface area contributed by atoms with Gasteiger partial charge in [-0.3, -0.25) is 10.1 Å². The zero-order valence-electron chi connectivity index (χ0n) is 10.2. The monoisotopic (exact) mass is 335 g/mol. The van der Waals surface area contributed by atoms with Gasteiger partial charge in [0, 0.05) is 22.3 Å². The molecule has 0 unspecified atom stereocenters. The van der Waals surface area contributed by atoms with Gasteiger partial charge >= 0.3 is 6.03 Å². The topological polar surface area (TPSA) is 84.3 Å². The molecule has 0 radical (unpaired) electrons. The first-order valence-corrected chi connectivity index (χ1v) is 6.42. The normalized spacial score (nSPS) is 9.85. The number of nitro benzene ring substituents is 1. The zero-order chi connectivity index (χ0) is 14.5. The second-order valence-corrected chi connectivity index (χ2v) is 4.72. The van der Waals surface area contributed by atoms with Crippen molar-refractivity contribution in [3.8, 4) is 0 Å². The number of carbonyl (C=O) groups is 1. The van der Waals surface area contributed by atoms with E-state index in [1.807, 2.05) is 6.07 Å². The van der Waals surface area contributed by atoms with Crippen LogP contribution < -0.4 is 10.6 Å². The van der Waals surface area contributed by atoms with Gasteiger partial charge in [-0.25, -0.2) is 4.79 Å². The summed E-state index contributed by atoms with van der Waals surface area (Å²) in [6, 6.07) is 12.4. The van der Waals surface area contributed by atoms with Crippen molar-refractivity contribution < 1.29 is 9.72 Å². The lowest BCUT2D eigenvalue weighted by atomic mass is 10.3. The molecule has 2 N–H and O–H groups in total. The lowest BCUT2D eigenvalue weighted by molar-refractivity contribution is -0.384. The SMILES string of the molecule is O=C(Nc1cccc([N+](=O)[O-])c1)Nc1ccccc1Br. The maximum absolute atomic E-state index is 11.8. The summed E-state index contributed by atoms with van der Waals surface area (Å²) >= 11 is 3.31. The summed E-state index contributed by atoms with van der Waals surface area (Å²) in [6.45, 7) is 0. The highest BCUT2D eigenvalue weighted by Gasteiger charge is 2.09. The number of hydrogen-bond donors (Lipinski definition) is 2. The molecule has 0 aliphatic carbocycles. The fourth-order valence-electron chi connectivity index (χ4n) is 1.54. The van der Waals surface area contributed by atoms with E-state index in [1.54, 1.807) is 24.3 Å². The molecule has 0 aliphatic rings. The Hall–Kier alpha value is -2.41. The Morgan fingerprint density at radius 2 is 1.85 bits per heavy atom. The minimum Gasteiger partial charge on any atom is -0.307 e. The Labute approximate surface area is 123 Å². The molecule has 0 heterocycles. The maximum Gasteiger partial charge on any atom is 0.323 e. The fourth-order valence-corrected chi connectivity index (χ4v) is 1.93. The van der Waals surface area contributed by atoms with Gasteiger partial charge in [-0.1, -0.05) is 18.2 Å². The van der Waals surface area contributed by atoms with Crippen molar-refractivity contribution in [3.05, 3.63) is 63.1 Å². The molecular formula is C13H10BrN3O3. The molecule has 2 amide bonds.